The highest BCUT2D eigenvalue weighted by atomic mass is 16.5. The van der Waals surface area contributed by atoms with Crippen molar-refractivity contribution in [3.05, 3.63) is 65.2 Å². The summed E-state index contributed by atoms with van der Waals surface area (Å²) in [5.41, 5.74) is 3.44. The molecule has 4 N–H and O–H groups in total. The number of methoxy groups -OCH3 is 1. The predicted octanol–water partition coefficient (Wildman–Crippen LogP) is 3.30. The fourth-order valence-corrected chi connectivity index (χ4v) is 4.21. The number of allylic oxidation sites excluding steroid dienone is 2. The average Bonchev–Trinajstić information content (AvgIpc) is 3.17. The lowest BCUT2D eigenvalue weighted by Gasteiger charge is -2.38. The van der Waals surface area contributed by atoms with Crippen LogP contribution < -0.4 is 10.6 Å². The van der Waals surface area contributed by atoms with Crippen LogP contribution in [-0.4, -0.2) is 36.4 Å². The molecule has 6 heteroatoms. The van der Waals surface area contributed by atoms with Crippen LogP contribution in [0.15, 0.2) is 48.6 Å². The molecule has 2 aromatic rings. The second kappa shape index (κ2) is 7.56. The van der Waals surface area contributed by atoms with Crippen LogP contribution in [0.3, 0.4) is 0 Å². The number of benzene rings is 2. The molecule has 0 radical (unpaired) electrons. The number of phenolic OH excluding ortho intramolecular Hbond substituents is 2. The van der Waals surface area contributed by atoms with Gasteiger partial charge in [0.25, 0.3) is 5.91 Å². The van der Waals surface area contributed by atoms with Crippen molar-refractivity contribution in [1.82, 2.24) is 5.32 Å². The summed E-state index contributed by atoms with van der Waals surface area (Å²) in [6.07, 6.45) is 5.22. The zero-order valence-corrected chi connectivity index (χ0v) is 15.7. The van der Waals surface area contributed by atoms with Gasteiger partial charge in [-0.25, -0.2) is 0 Å². The van der Waals surface area contributed by atoms with Crippen molar-refractivity contribution in [2.75, 3.05) is 25.6 Å². The lowest BCUT2D eigenvalue weighted by atomic mass is 9.76. The van der Waals surface area contributed by atoms with Crippen LogP contribution in [-0.2, 0) is 4.74 Å². The molecule has 1 amide bonds. The highest BCUT2D eigenvalue weighted by Crippen LogP contribution is 2.51. The van der Waals surface area contributed by atoms with Gasteiger partial charge in [0.1, 0.15) is 11.5 Å². The number of hydrogen-bond acceptors (Lipinski definition) is 5. The second-order valence-corrected chi connectivity index (χ2v) is 7.27. The molecule has 1 aliphatic carbocycles. The van der Waals surface area contributed by atoms with Crippen LogP contribution in [0.25, 0.3) is 0 Å². The van der Waals surface area contributed by atoms with Crippen LogP contribution in [0.1, 0.15) is 39.9 Å². The topological polar surface area (TPSA) is 90.8 Å². The molecule has 0 bridgehead atoms. The molecule has 28 heavy (non-hydrogen) atoms. The first-order valence-electron chi connectivity index (χ1n) is 9.44. The van der Waals surface area contributed by atoms with E-state index in [0.717, 1.165) is 23.2 Å². The van der Waals surface area contributed by atoms with Gasteiger partial charge in [0.2, 0.25) is 0 Å². The molecular formula is C22H24N2O4. The fourth-order valence-electron chi connectivity index (χ4n) is 4.21. The van der Waals surface area contributed by atoms with Crippen molar-refractivity contribution in [3.63, 3.8) is 0 Å². The van der Waals surface area contributed by atoms with Crippen molar-refractivity contribution in [3.8, 4) is 11.5 Å². The normalized spacial score (nSPS) is 22.2. The van der Waals surface area contributed by atoms with Gasteiger partial charge in [0.15, 0.2) is 0 Å². The number of amides is 1. The molecule has 0 fully saturated rings. The number of ether oxygens (including phenoxy) is 1. The van der Waals surface area contributed by atoms with E-state index in [-0.39, 0.29) is 35.3 Å². The lowest BCUT2D eigenvalue weighted by molar-refractivity contribution is 0.0937. The monoisotopic (exact) mass is 380 g/mol. The van der Waals surface area contributed by atoms with E-state index in [1.807, 2.05) is 12.1 Å². The van der Waals surface area contributed by atoms with E-state index >= 15 is 0 Å². The highest BCUT2D eigenvalue weighted by Gasteiger charge is 2.39. The minimum Gasteiger partial charge on any atom is -0.508 e. The Kier molecular flexibility index (Phi) is 4.96. The number of phenols is 2. The van der Waals surface area contributed by atoms with Crippen molar-refractivity contribution >= 4 is 11.6 Å². The largest absolute Gasteiger partial charge is 0.508 e. The van der Waals surface area contributed by atoms with E-state index < -0.39 is 0 Å². The number of nitrogens with one attached hydrogen (secondary N) is 2. The molecule has 0 spiro atoms. The maximum atomic E-state index is 12.4. The minimum absolute atomic E-state index is 0.0442. The Morgan fingerprint density at radius 2 is 2.07 bits per heavy atom. The van der Waals surface area contributed by atoms with Crippen LogP contribution in [0.5, 0.6) is 11.5 Å². The third-order valence-corrected chi connectivity index (χ3v) is 5.57. The molecule has 1 heterocycles. The molecule has 1 aliphatic heterocycles. The predicted molar refractivity (Wildman–Crippen MR) is 107 cm³/mol. The van der Waals surface area contributed by atoms with Crippen LogP contribution in [0.2, 0.25) is 0 Å². The van der Waals surface area contributed by atoms with Gasteiger partial charge in [-0.3, -0.25) is 4.79 Å². The molecule has 146 valence electrons. The van der Waals surface area contributed by atoms with E-state index in [0.29, 0.717) is 18.7 Å². The third kappa shape index (κ3) is 3.31. The molecular weight excluding hydrogens is 356 g/mol. The highest BCUT2D eigenvalue weighted by molar-refractivity contribution is 5.95. The van der Waals surface area contributed by atoms with E-state index in [9.17, 15) is 15.0 Å². The van der Waals surface area contributed by atoms with Crippen LogP contribution >= 0.6 is 0 Å². The van der Waals surface area contributed by atoms with Gasteiger partial charge in [-0.1, -0.05) is 12.2 Å². The molecule has 4 rings (SSSR count). The van der Waals surface area contributed by atoms with Crippen molar-refractivity contribution in [2.45, 2.75) is 18.4 Å². The standard InChI is InChI=1S/C22H24N2O4/c1-28-10-9-23-22(27)13-5-8-19-18(11-13)15-3-2-4-16(15)21(24-19)17-7-6-14(25)12-20(17)26/h2-3,5-8,11-12,15-16,21,24-26H,4,9-10H2,1H3,(H,23,27). The molecule has 0 saturated heterocycles. The number of carbonyl (C=O) groups excluding carboxylic acids is 1. The maximum absolute atomic E-state index is 12.4. The first kappa shape index (κ1) is 18.4. The Labute approximate surface area is 163 Å². The van der Waals surface area contributed by atoms with Crippen molar-refractivity contribution < 1.29 is 19.7 Å². The van der Waals surface area contributed by atoms with E-state index in [1.165, 1.54) is 6.07 Å². The van der Waals surface area contributed by atoms with Gasteiger partial charge in [-0.05, 0) is 48.2 Å². The average molecular weight is 380 g/mol. The van der Waals surface area contributed by atoms with Gasteiger partial charge < -0.3 is 25.6 Å². The third-order valence-electron chi connectivity index (χ3n) is 5.57. The van der Waals surface area contributed by atoms with Crippen LogP contribution in [0.4, 0.5) is 5.69 Å². The maximum Gasteiger partial charge on any atom is 0.251 e. The van der Waals surface area contributed by atoms with E-state index in [4.69, 9.17) is 4.74 Å². The number of rotatable bonds is 5. The fraction of sp³-hybridized carbons (Fsp3) is 0.318. The summed E-state index contributed by atoms with van der Waals surface area (Å²) in [6, 6.07) is 10.3. The van der Waals surface area contributed by atoms with Crippen LogP contribution in [0, 0.1) is 5.92 Å². The number of hydrogen-bond donors (Lipinski definition) is 4. The Morgan fingerprint density at radius 1 is 1.21 bits per heavy atom. The summed E-state index contributed by atoms with van der Waals surface area (Å²) in [6.45, 7) is 0.947. The van der Waals surface area contributed by atoms with Crippen molar-refractivity contribution in [2.24, 2.45) is 5.92 Å². The number of anilines is 1. The number of fused-ring (bicyclic) bond motifs is 3. The molecule has 0 saturated carbocycles. The molecule has 6 nitrogen and oxygen atoms in total. The number of aromatic hydroxyl groups is 2. The Morgan fingerprint density at radius 3 is 2.86 bits per heavy atom. The zero-order chi connectivity index (χ0) is 19.7. The zero-order valence-electron chi connectivity index (χ0n) is 15.7. The molecule has 0 aromatic heterocycles. The molecule has 3 atom stereocenters. The van der Waals surface area contributed by atoms with E-state index in [1.54, 1.807) is 25.3 Å². The van der Waals surface area contributed by atoms with Gasteiger partial charge >= 0.3 is 0 Å². The molecule has 3 unspecified atom stereocenters. The quantitative estimate of drug-likeness (QED) is 0.472. The summed E-state index contributed by atoms with van der Waals surface area (Å²) in [4.78, 5) is 12.4. The first-order valence-corrected chi connectivity index (χ1v) is 9.44. The summed E-state index contributed by atoms with van der Waals surface area (Å²) >= 11 is 0. The SMILES string of the molecule is COCCNC(=O)c1ccc2c(c1)C1C=CCC1C(c1ccc(O)cc1O)N2. The lowest BCUT2D eigenvalue weighted by Crippen LogP contribution is -2.30. The van der Waals surface area contributed by atoms with Gasteiger partial charge in [-0.15, -0.1) is 0 Å². The number of carbonyl (C=O) groups is 1. The summed E-state index contributed by atoms with van der Waals surface area (Å²) in [7, 11) is 1.60. The van der Waals surface area contributed by atoms with E-state index in [2.05, 4.69) is 22.8 Å². The first-order chi connectivity index (χ1) is 13.6. The second-order valence-electron chi connectivity index (χ2n) is 7.27. The summed E-state index contributed by atoms with van der Waals surface area (Å²) < 4.78 is 4.98. The molecule has 2 aliphatic rings. The Balaban J connectivity index is 1.64. The summed E-state index contributed by atoms with van der Waals surface area (Å²) in [5.74, 6) is 0.413. The summed E-state index contributed by atoms with van der Waals surface area (Å²) in [5, 5.41) is 26.3. The Bertz CT molecular complexity index is 925. The minimum atomic E-state index is -0.114. The van der Waals surface area contributed by atoms with Crippen molar-refractivity contribution in [1.29, 1.82) is 0 Å². The Hall–Kier alpha value is -2.99. The smallest absolute Gasteiger partial charge is 0.251 e. The van der Waals surface area contributed by atoms with Gasteiger partial charge in [0, 0.05) is 42.5 Å². The van der Waals surface area contributed by atoms with Gasteiger partial charge in [0.05, 0.1) is 12.6 Å². The van der Waals surface area contributed by atoms with Gasteiger partial charge in [-0.2, -0.15) is 0 Å². The molecule has 2 aromatic carbocycles.